The summed E-state index contributed by atoms with van der Waals surface area (Å²) in [6.45, 7) is 0.0228. The molecule has 2 aromatic rings. The van der Waals surface area contributed by atoms with Crippen molar-refractivity contribution in [1.82, 2.24) is 5.43 Å². The van der Waals surface area contributed by atoms with Crippen LogP contribution >= 0.6 is 0 Å². The number of nitrogens with zero attached hydrogens (tertiary/aromatic N) is 1. The number of rotatable bonds is 6. The Morgan fingerprint density at radius 1 is 1.23 bits per heavy atom. The third-order valence-corrected chi connectivity index (χ3v) is 2.84. The first kappa shape index (κ1) is 15.5. The molecule has 1 amide bonds. The maximum atomic E-state index is 13.3. The van der Waals surface area contributed by atoms with Gasteiger partial charge in [0.25, 0.3) is 5.91 Å². The fourth-order valence-electron chi connectivity index (χ4n) is 1.76. The summed E-state index contributed by atoms with van der Waals surface area (Å²) >= 11 is 0. The van der Waals surface area contributed by atoms with Crippen LogP contribution in [-0.4, -0.2) is 25.8 Å². The molecule has 0 radical (unpaired) electrons. The molecule has 2 N–H and O–H groups in total. The number of benzene rings is 2. The molecule has 0 aromatic heterocycles. The van der Waals surface area contributed by atoms with Crippen molar-refractivity contribution in [2.75, 3.05) is 19.0 Å². The third-order valence-electron chi connectivity index (χ3n) is 2.84. The highest BCUT2D eigenvalue weighted by Crippen LogP contribution is 2.22. The number of methoxy groups -OCH3 is 1. The predicted molar refractivity (Wildman–Crippen MR) is 83.6 cm³/mol. The summed E-state index contributed by atoms with van der Waals surface area (Å²) in [6.07, 6.45) is 1.26. The van der Waals surface area contributed by atoms with Crippen molar-refractivity contribution < 1.29 is 13.9 Å². The minimum Gasteiger partial charge on any atom is -0.495 e. The summed E-state index contributed by atoms with van der Waals surface area (Å²) in [5.74, 6) is -0.101. The maximum Gasteiger partial charge on any atom is 0.259 e. The minimum atomic E-state index is -0.396. The van der Waals surface area contributed by atoms with Crippen LogP contribution in [0.2, 0.25) is 0 Å². The van der Waals surface area contributed by atoms with Crippen molar-refractivity contribution in [3.63, 3.8) is 0 Å². The molecular weight excluding hydrogens is 285 g/mol. The lowest BCUT2D eigenvalue weighted by molar-refractivity contribution is -0.119. The molecule has 2 rings (SSSR count). The zero-order chi connectivity index (χ0) is 15.8. The Morgan fingerprint density at radius 3 is 2.73 bits per heavy atom. The number of nitrogens with one attached hydrogen (secondary N) is 2. The quantitative estimate of drug-likeness (QED) is 0.636. The van der Waals surface area contributed by atoms with Crippen LogP contribution in [-0.2, 0) is 4.79 Å². The van der Waals surface area contributed by atoms with E-state index in [1.54, 1.807) is 37.4 Å². The van der Waals surface area contributed by atoms with Crippen molar-refractivity contribution in [1.29, 1.82) is 0 Å². The number of hydrogen-bond acceptors (Lipinski definition) is 4. The van der Waals surface area contributed by atoms with E-state index in [1.807, 2.05) is 12.1 Å². The fourth-order valence-corrected chi connectivity index (χ4v) is 1.76. The highest BCUT2D eigenvalue weighted by Gasteiger charge is 2.04. The molecule has 0 fully saturated rings. The summed E-state index contributed by atoms with van der Waals surface area (Å²) in [5.41, 5.74) is 3.34. The SMILES string of the molecule is COc1ccccc1NCC(=O)N/N=C\c1ccccc1F. The number of ether oxygens (including phenoxy) is 1. The highest BCUT2D eigenvalue weighted by atomic mass is 19.1. The van der Waals surface area contributed by atoms with E-state index in [2.05, 4.69) is 15.8 Å². The van der Waals surface area contributed by atoms with Crippen molar-refractivity contribution in [2.45, 2.75) is 0 Å². The van der Waals surface area contributed by atoms with Gasteiger partial charge in [-0.2, -0.15) is 5.10 Å². The molecule has 0 aliphatic carbocycles. The second-order valence-electron chi connectivity index (χ2n) is 4.37. The molecule has 0 aliphatic heterocycles. The Morgan fingerprint density at radius 2 is 1.95 bits per heavy atom. The number of halogens is 1. The average molecular weight is 301 g/mol. The van der Waals surface area contributed by atoms with E-state index < -0.39 is 5.82 Å². The lowest BCUT2D eigenvalue weighted by Gasteiger charge is -2.09. The Hall–Kier alpha value is -2.89. The van der Waals surface area contributed by atoms with Crippen molar-refractivity contribution >= 4 is 17.8 Å². The Labute approximate surface area is 127 Å². The number of amides is 1. The van der Waals surface area contributed by atoms with Gasteiger partial charge in [-0.15, -0.1) is 0 Å². The maximum absolute atomic E-state index is 13.3. The van der Waals surface area contributed by atoms with Crippen LogP contribution in [0.1, 0.15) is 5.56 Å². The molecule has 2 aromatic carbocycles. The van der Waals surface area contributed by atoms with Gasteiger partial charge in [0, 0.05) is 5.56 Å². The van der Waals surface area contributed by atoms with E-state index >= 15 is 0 Å². The van der Waals surface area contributed by atoms with Crippen LogP contribution in [0.25, 0.3) is 0 Å². The van der Waals surface area contributed by atoms with Gasteiger partial charge in [0.2, 0.25) is 0 Å². The number of para-hydroxylation sites is 2. The predicted octanol–water partition coefficient (Wildman–Crippen LogP) is 2.40. The lowest BCUT2D eigenvalue weighted by atomic mass is 10.2. The van der Waals surface area contributed by atoms with Gasteiger partial charge in [-0.3, -0.25) is 4.79 Å². The van der Waals surface area contributed by atoms with Gasteiger partial charge in [-0.05, 0) is 18.2 Å². The van der Waals surface area contributed by atoms with E-state index in [9.17, 15) is 9.18 Å². The molecule has 0 unspecified atom stereocenters. The molecule has 0 aliphatic rings. The first-order chi connectivity index (χ1) is 10.7. The molecule has 5 nitrogen and oxygen atoms in total. The van der Waals surface area contributed by atoms with E-state index in [0.29, 0.717) is 17.0 Å². The molecule has 6 heteroatoms. The lowest BCUT2D eigenvalue weighted by Crippen LogP contribution is -2.26. The van der Waals surface area contributed by atoms with Crippen LogP contribution in [0.15, 0.2) is 53.6 Å². The second kappa shape index (κ2) is 7.78. The van der Waals surface area contributed by atoms with Gasteiger partial charge in [-0.25, -0.2) is 9.82 Å². The monoisotopic (exact) mass is 301 g/mol. The minimum absolute atomic E-state index is 0.0228. The first-order valence-corrected chi connectivity index (χ1v) is 6.64. The number of carbonyl (C=O) groups excluding carboxylic acids is 1. The topological polar surface area (TPSA) is 62.7 Å². The normalized spacial score (nSPS) is 10.5. The summed E-state index contributed by atoms with van der Waals surface area (Å²) in [4.78, 5) is 11.7. The van der Waals surface area contributed by atoms with Crippen LogP contribution in [0, 0.1) is 5.82 Å². The molecule has 0 spiro atoms. The van der Waals surface area contributed by atoms with Gasteiger partial charge < -0.3 is 10.1 Å². The zero-order valence-corrected chi connectivity index (χ0v) is 12.0. The first-order valence-electron chi connectivity index (χ1n) is 6.64. The highest BCUT2D eigenvalue weighted by molar-refractivity contribution is 5.84. The summed E-state index contributed by atoms with van der Waals surface area (Å²) in [6, 6.07) is 13.4. The molecule has 0 saturated carbocycles. The smallest absolute Gasteiger partial charge is 0.259 e. The number of hydrazone groups is 1. The van der Waals surface area contributed by atoms with Crippen LogP contribution in [0.4, 0.5) is 10.1 Å². The van der Waals surface area contributed by atoms with Crippen molar-refractivity contribution in [3.05, 3.63) is 59.9 Å². The van der Waals surface area contributed by atoms with Crippen LogP contribution in [0.5, 0.6) is 5.75 Å². The molecular formula is C16H16FN3O2. The van der Waals surface area contributed by atoms with Gasteiger partial charge >= 0.3 is 0 Å². The van der Waals surface area contributed by atoms with Gasteiger partial charge in [-0.1, -0.05) is 30.3 Å². The van der Waals surface area contributed by atoms with Gasteiger partial charge in [0.15, 0.2) is 0 Å². The number of hydrogen-bond donors (Lipinski definition) is 2. The van der Waals surface area contributed by atoms with Crippen molar-refractivity contribution in [3.8, 4) is 5.75 Å². The van der Waals surface area contributed by atoms with Gasteiger partial charge in [0.05, 0.1) is 25.6 Å². The number of anilines is 1. The Bertz CT molecular complexity index is 674. The third kappa shape index (κ3) is 4.31. The largest absolute Gasteiger partial charge is 0.495 e. The Balaban J connectivity index is 1.85. The number of carbonyl (C=O) groups is 1. The molecule has 0 atom stereocenters. The van der Waals surface area contributed by atoms with E-state index in [4.69, 9.17) is 4.74 Å². The van der Waals surface area contributed by atoms with Gasteiger partial charge in [0.1, 0.15) is 11.6 Å². The van der Waals surface area contributed by atoms with Crippen LogP contribution < -0.4 is 15.5 Å². The van der Waals surface area contributed by atoms with Crippen molar-refractivity contribution in [2.24, 2.45) is 5.10 Å². The summed E-state index contributed by atoms with van der Waals surface area (Å²) < 4.78 is 18.5. The Kier molecular flexibility index (Phi) is 5.48. The van der Waals surface area contributed by atoms with E-state index in [0.717, 1.165) is 0 Å². The molecule has 0 heterocycles. The zero-order valence-electron chi connectivity index (χ0n) is 12.0. The summed E-state index contributed by atoms with van der Waals surface area (Å²) in [7, 11) is 1.55. The molecule has 0 saturated heterocycles. The fraction of sp³-hybridized carbons (Fsp3) is 0.125. The van der Waals surface area contributed by atoms with E-state index in [1.165, 1.54) is 12.3 Å². The molecule has 22 heavy (non-hydrogen) atoms. The molecule has 0 bridgehead atoms. The molecule has 114 valence electrons. The van der Waals surface area contributed by atoms with E-state index in [-0.39, 0.29) is 12.5 Å². The standard InChI is InChI=1S/C16H16FN3O2/c1-22-15-9-5-4-8-14(15)18-11-16(21)20-19-10-12-6-2-3-7-13(12)17/h2-10,18H,11H2,1H3,(H,20,21)/b19-10-. The average Bonchev–Trinajstić information content (AvgIpc) is 2.55. The summed E-state index contributed by atoms with van der Waals surface area (Å²) in [5, 5.41) is 6.66. The van der Waals surface area contributed by atoms with Crippen LogP contribution in [0.3, 0.4) is 0 Å². The second-order valence-corrected chi connectivity index (χ2v) is 4.37.